The van der Waals surface area contributed by atoms with E-state index in [2.05, 4.69) is 0 Å². The van der Waals surface area contributed by atoms with E-state index in [0.717, 1.165) is 0 Å². The summed E-state index contributed by atoms with van der Waals surface area (Å²) in [4.78, 5) is 9.83. The molecule has 0 atom stereocenters. The fourth-order valence-corrected chi connectivity index (χ4v) is 3.81. The minimum atomic E-state index is -4.16. The highest BCUT2D eigenvalue weighted by atomic mass is 32.2. The third-order valence-electron chi connectivity index (χ3n) is 2.51. The lowest BCUT2D eigenvalue weighted by atomic mass is 10.2. The van der Waals surface area contributed by atoms with Gasteiger partial charge in [-0.25, -0.2) is 22.0 Å². The van der Waals surface area contributed by atoms with E-state index in [1.54, 1.807) is 10.8 Å². The lowest BCUT2D eigenvalue weighted by Crippen LogP contribution is -2.10. The SMILES string of the molecule is O=C(O)c1cc(F)c(F)c(S(=O)(=O)Cc2ccsc2)c1. The first kappa shape index (κ1) is 14.6. The summed E-state index contributed by atoms with van der Waals surface area (Å²) in [5, 5.41) is 12.0. The van der Waals surface area contributed by atoms with Crippen LogP contribution in [0.4, 0.5) is 8.78 Å². The van der Waals surface area contributed by atoms with E-state index in [1.807, 2.05) is 0 Å². The molecule has 2 aromatic rings. The lowest BCUT2D eigenvalue weighted by molar-refractivity contribution is 0.0696. The van der Waals surface area contributed by atoms with E-state index in [1.165, 1.54) is 17.4 Å². The van der Waals surface area contributed by atoms with Crippen molar-refractivity contribution in [2.24, 2.45) is 0 Å². The van der Waals surface area contributed by atoms with Crippen LogP contribution in [-0.2, 0) is 15.6 Å². The van der Waals surface area contributed by atoms with Gasteiger partial charge in [-0.3, -0.25) is 0 Å². The number of hydrogen-bond acceptors (Lipinski definition) is 4. The number of sulfone groups is 1. The van der Waals surface area contributed by atoms with Gasteiger partial charge in [0.15, 0.2) is 21.5 Å². The first-order valence-electron chi connectivity index (χ1n) is 5.27. The minimum Gasteiger partial charge on any atom is -0.478 e. The number of carboxylic acid groups (broad SMARTS) is 1. The van der Waals surface area contributed by atoms with Gasteiger partial charge in [0.1, 0.15) is 4.90 Å². The Labute approximate surface area is 117 Å². The third-order valence-corrected chi connectivity index (χ3v) is 4.93. The fourth-order valence-electron chi connectivity index (χ4n) is 1.59. The van der Waals surface area contributed by atoms with E-state index in [9.17, 15) is 22.0 Å². The summed E-state index contributed by atoms with van der Waals surface area (Å²) < 4.78 is 51.0. The summed E-state index contributed by atoms with van der Waals surface area (Å²) in [6.45, 7) is 0. The van der Waals surface area contributed by atoms with Crippen LogP contribution in [0.2, 0.25) is 0 Å². The van der Waals surface area contributed by atoms with Crippen molar-refractivity contribution in [1.82, 2.24) is 0 Å². The lowest BCUT2D eigenvalue weighted by Gasteiger charge is -2.07. The van der Waals surface area contributed by atoms with Crippen LogP contribution in [0.5, 0.6) is 0 Å². The Balaban J connectivity index is 2.53. The van der Waals surface area contributed by atoms with E-state index >= 15 is 0 Å². The van der Waals surface area contributed by atoms with Gasteiger partial charge in [-0.2, -0.15) is 11.3 Å². The predicted molar refractivity (Wildman–Crippen MR) is 68.5 cm³/mol. The minimum absolute atomic E-state index is 0.426. The molecule has 1 heterocycles. The van der Waals surface area contributed by atoms with Crippen LogP contribution < -0.4 is 0 Å². The summed E-state index contributed by atoms with van der Waals surface area (Å²) in [5.74, 6) is -5.12. The third kappa shape index (κ3) is 2.86. The van der Waals surface area contributed by atoms with Crippen LogP contribution in [0.15, 0.2) is 33.9 Å². The average Bonchev–Trinajstić information content (AvgIpc) is 2.83. The first-order valence-corrected chi connectivity index (χ1v) is 7.87. The van der Waals surface area contributed by atoms with Crippen molar-refractivity contribution < 1.29 is 27.1 Å². The van der Waals surface area contributed by atoms with Gasteiger partial charge in [0.25, 0.3) is 0 Å². The summed E-state index contributed by atoms with van der Waals surface area (Å²) in [6.07, 6.45) is 0. The highest BCUT2D eigenvalue weighted by molar-refractivity contribution is 7.90. The molecule has 1 N–H and O–H groups in total. The van der Waals surface area contributed by atoms with Crippen molar-refractivity contribution in [1.29, 1.82) is 0 Å². The van der Waals surface area contributed by atoms with E-state index in [4.69, 9.17) is 5.11 Å². The largest absolute Gasteiger partial charge is 0.478 e. The number of benzene rings is 1. The van der Waals surface area contributed by atoms with Gasteiger partial charge in [-0.1, -0.05) is 0 Å². The first-order chi connectivity index (χ1) is 9.31. The van der Waals surface area contributed by atoms with E-state index < -0.39 is 43.7 Å². The second-order valence-electron chi connectivity index (χ2n) is 3.97. The standard InChI is InChI=1S/C12H8F2O4S2/c13-9-3-8(12(15)16)4-10(11(9)14)20(17,18)6-7-1-2-19-5-7/h1-5H,6H2,(H,15,16). The van der Waals surface area contributed by atoms with Crippen molar-refractivity contribution in [2.45, 2.75) is 10.6 Å². The number of thiophene rings is 1. The number of halogens is 2. The molecule has 0 fully saturated rings. The van der Waals surface area contributed by atoms with E-state index in [0.29, 0.717) is 17.7 Å². The number of carbonyl (C=O) groups is 1. The Bertz CT molecular complexity index is 752. The number of carboxylic acids is 1. The molecule has 0 bridgehead atoms. The molecule has 0 amide bonds. The topological polar surface area (TPSA) is 71.4 Å². The molecule has 0 aliphatic carbocycles. The van der Waals surface area contributed by atoms with Gasteiger partial charge in [0.2, 0.25) is 0 Å². The molecule has 0 saturated carbocycles. The molecule has 0 radical (unpaired) electrons. The molecule has 0 spiro atoms. The van der Waals surface area contributed by atoms with Gasteiger partial charge in [0.05, 0.1) is 11.3 Å². The quantitative estimate of drug-likeness (QED) is 0.941. The maximum Gasteiger partial charge on any atom is 0.335 e. The second kappa shape index (κ2) is 5.29. The van der Waals surface area contributed by atoms with Gasteiger partial charge in [-0.05, 0) is 34.5 Å². The molecule has 2 rings (SSSR count). The van der Waals surface area contributed by atoms with Crippen LogP contribution in [0.1, 0.15) is 15.9 Å². The molecular formula is C12H8F2O4S2. The fraction of sp³-hybridized carbons (Fsp3) is 0.0833. The predicted octanol–water partition coefficient (Wildman–Crippen LogP) is 2.70. The number of aromatic carboxylic acids is 1. The van der Waals surface area contributed by atoms with Crippen molar-refractivity contribution >= 4 is 27.1 Å². The monoisotopic (exact) mass is 318 g/mol. The summed E-state index contributed by atoms with van der Waals surface area (Å²) in [7, 11) is -4.16. The van der Waals surface area contributed by atoms with Gasteiger partial charge >= 0.3 is 5.97 Å². The molecule has 106 valence electrons. The van der Waals surface area contributed by atoms with Crippen LogP contribution in [0.3, 0.4) is 0 Å². The van der Waals surface area contributed by atoms with Gasteiger partial charge < -0.3 is 5.11 Å². The van der Waals surface area contributed by atoms with Crippen LogP contribution in [-0.4, -0.2) is 19.5 Å². The zero-order valence-corrected chi connectivity index (χ0v) is 11.5. The summed E-state index contributed by atoms with van der Waals surface area (Å²) in [6, 6.07) is 2.61. The molecule has 0 aliphatic rings. The maximum atomic E-state index is 13.6. The molecular weight excluding hydrogens is 310 g/mol. The summed E-state index contributed by atoms with van der Waals surface area (Å²) in [5.41, 5.74) is -0.191. The highest BCUT2D eigenvalue weighted by Crippen LogP contribution is 2.24. The van der Waals surface area contributed by atoms with Crippen molar-refractivity contribution in [3.05, 3.63) is 51.7 Å². The molecule has 0 unspecified atom stereocenters. The van der Waals surface area contributed by atoms with Crippen molar-refractivity contribution in [3.8, 4) is 0 Å². The molecule has 1 aromatic carbocycles. The number of hydrogen-bond donors (Lipinski definition) is 1. The smallest absolute Gasteiger partial charge is 0.335 e. The normalized spacial score (nSPS) is 11.5. The Morgan fingerprint density at radius 3 is 2.55 bits per heavy atom. The van der Waals surface area contributed by atoms with Crippen molar-refractivity contribution in [3.63, 3.8) is 0 Å². The van der Waals surface area contributed by atoms with E-state index in [-0.39, 0.29) is 0 Å². The molecule has 20 heavy (non-hydrogen) atoms. The molecule has 0 aliphatic heterocycles. The van der Waals surface area contributed by atoms with Crippen LogP contribution in [0.25, 0.3) is 0 Å². The summed E-state index contributed by atoms with van der Waals surface area (Å²) >= 11 is 1.26. The van der Waals surface area contributed by atoms with Gasteiger partial charge in [0, 0.05) is 0 Å². The number of rotatable bonds is 4. The molecule has 1 aromatic heterocycles. The average molecular weight is 318 g/mol. The Hall–Kier alpha value is -1.80. The molecule has 0 saturated heterocycles. The second-order valence-corrected chi connectivity index (χ2v) is 6.70. The zero-order chi connectivity index (χ0) is 14.9. The van der Waals surface area contributed by atoms with Crippen molar-refractivity contribution in [2.75, 3.05) is 0 Å². The highest BCUT2D eigenvalue weighted by Gasteiger charge is 2.25. The Kier molecular flexibility index (Phi) is 3.87. The maximum absolute atomic E-state index is 13.6. The van der Waals surface area contributed by atoms with Crippen LogP contribution in [0, 0.1) is 11.6 Å². The van der Waals surface area contributed by atoms with Gasteiger partial charge in [-0.15, -0.1) is 0 Å². The Morgan fingerprint density at radius 2 is 2.00 bits per heavy atom. The van der Waals surface area contributed by atoms with Crippen LogP contribution >= 0.6 is 11.3 Å². The Morgan fingerprint density at radius 1 is 1.30 bits per heavy atom. The molecule has 4 nitrogen and oxygen atoms in total. The molecule has 8 heteroatoms. The zero-order valence-electron chi connectivity index (χ0n) is 9.84.